The molecule has 140 valence electrons. The molecular formula is C18H30N4O2S. The first-order valence-corrected chi connectivity index (χ1v) is 10.2. The standard InChI is InChI=1S/C18H30N4O2S/c1-6-19-16-7-8-17-15(9-10-20-25(23,24)21(4)5)13-22(12-14(2)3)18(17)11-16/h7-8,11,13-14,19-20H,6,9-10,12H2,1-5H3. The van der Waals surface area contributed by atoms with Crippen LogP contribution in [0.1, 0.15) is 26.3 Å². The molecule has 0 saturated carbocycles. The Morgan fingerprint density at radius 1 is 1.24 bits per heavy atom. The number of anilines is 1. The average molecular weight is 367 g/mol. The number of nitrogens with one attached hydrogen (secondary N) is 2. The third-order valence-electron chi connectivity index (χ3n) is 4.07. The highest BCUT2D eigenvalue weighted by molar-refractivity contribution is 7.87. The van der Waals surface area contributed by atoms with E-state index >= 15 is 0 Å². The van der Waals surface area contributed by atoms with E-state index in [0.29, 0.717) is 18.9 Å². The van der Waals surface area contributed by atoms with Crippen LogP contribution in [0, 0.1) is 5.92 Å². The zero-order valence-electron chi connectivity index (χ0n) is 15.8. The molecule has 1 heterocycles. The second kappa shape index (κ2) is 8.21. The van der Waals surface area contributed by atoms with Gasteiger partial charge in [0.25, 0.3) is 10.2 Å². The molecule has 0 amide bonds. The van der Waals surface area contributed by atoms with E-state index in [4.69, 9.17) is 0 Å². The Hall–Kier alpha value is -1.57. The van der Waals surface area contributed by atoms with Crippen molar-refractivity contribution in [2.24, 2.45) is 5.92 Å². The zero-order valence-corrected chi connectivity index (χ0v) is 16.7. The molecule has 0 saturated heterocycles. The summed E-state index contributed by atoms with van der Waals surface area (Å²) in [5.74, 6) is 0.540. The highest BCUT2D eigenvalue weighted by atomic mass is 32.2. The highest BCUT2D eigenvalue weighted by Crippen LogP contribution is 2.26. The smallest absolute Gasteiger partial charge is 0.278 e. The maximum Gasteiger partial charge on any atom is 0.278 e. The van der Waals surface area contributed by atoms with E-state index in [1.807, 2.05) is 0 Å². The molecule has 1 aromatic heterocycles. The van der Waals surface area contributed by atoms with Crippen LogP contribution in [0.25, 0.3) is 10.9 Å². The Morgan fingerprint density at radius 2 is 1.96 bits per heavy atom. The summed E-state index contributed by atoms with van der Waals surface area (Å²) >= 11 is 0. The second-order valence-electron chi connectivity index (χ2n) is 6.89. The van der Waals surface area contributed by atoms with Crippen molar-refractivity contribution in [1.29, 1.82) is 0 Å². The molecule has 0 bridgehead atoms. The molecule has 0 radical (unpaired) electrons. The minimum absolute atomic E-state index is 0.385. The van der Waals surface area contributed by atoms with E-state index in [1.54, 1.807) is 0 Å². The third kappa shape index (κ3) is 4.96. The molecule has 1 aromatic carbocycles. The predicted molar refractivity (Wildman–Crippen MR) is 105 cm³/mol. The van der Waals surface area contributed by atoms with E-state index in [1.165, 1.54) is 34.9 Å². The molecule has 0 atom stereocenters. The summed E-state index contributed by atoms with van der Waals surface area (Å²) in [4.78, 5) is 0. The molecule has 0 fully saturated rings. The van der Waals surface area contributed by atoms with Crippen LogP contribution in [0.3, 0.4) is 0 Å². The zero-order chi connectivity index (χ0) is 18.6. The number of nitrogens with zero attached hydrogens (tertiary/aromatic N) is 2. The number of hydrogen-bond donors (Lipinski definition) is 2. The van der Waals surface area contributed by atoms with Gasteiger partial charge in [0.2, 0.25) is 0 Å². The summed E-state index contributed by atoms with van der Waals surface area (Å²) in [7, 11) is -0.328. The Morgan fingerprint density at radius 3 is 2.56 bits per heavy atom. The van der Waals surface area contributed by atoms with Crippen LogP contribution in [-0.2, 0) is 23.2 Å². The first kappa shape index (κ1) is 19.8. The molecule has 0 aliphatic rings. The van der Waals surface area contributed by atoms with Gasteiger partial charge in [-0.15, -0.1) is 0 Å². The van der Waals surface area contributed by atoms with Crippen LogP contribution in [0.15, 0.2) is 24.4 Å². The largest absolute Gasteiger partial charge is 0.385 e. The van der Waals surface area contributed by atoms with Crippen LogP contribution in [0.5, 0.6) is 0 Å². The normalized spacial score (nSPS) is 12.4. The van der Waals surface area contributed by atoms with Crippen molar-refractivity contribution in [2.75, 3.05) is 32.5 Å². The Bertz CT molecular complexity index is 810. The van der Waals surface area contributed by atoms with Crippen molar-refractivity contribution in [2.45, 2.75) is 33.7 Å². The van der Waals surface area contributed by atoms with Gasteiger partial charge in [0, 0.05) is 51.0 Å². The van der Waals surface area contributed by atoms with Crippen LogP contribution < -0.4 is 10.0 Å². The lowest BCUT2D eigenvalue weighted by Gasteiger charge is -2.11. The second-order valence-corrected chi connectivity index (χ2v) is 8.86. The molecule has 2 aromatic rings. The van der Waals surface area contributed by atoms with Gasteiger partial charge in [-0.3, -0.25) is 0 Å². The van der Waals surface area contributed by atoms with Gasteiger partial charge < -0.3 is 9.88 Å². The first-order valence-electron chi connectivity index (χ1n) is 8.77. The lowest BCUT2D eigenvalue weighted by Crippen LogP contribution is -2.36. The number of hydrogen-bond acceptors (Lipinski definition) is 3. The molecule has 2 N–H and O–H groups in total. The van der Waals surface area contributed by atoms with Crippen LogP contribution in [0.4, 0.5) is 5.69 Å². The van der Waals surface area contributed by atoms with E-state index < -0.39 is 10.2 Å². The van der Waals surface area contributed by atoms with E-state index in [9.17, 15) is 8.42 Å². The number of rotatable bonds is 9. The fourth-order valence-corrected chi connectivity index (χ4v) is 3.49. The molecule has 0 spiro atoms. The predicted octanol–water partition coefficient (Wildman–Crippen LogP) is 2.67. The minimum Gasteiger partial charge on any atom is -0.385 e. The molecule has 25 heavy (non-hydrogen) atoms. The van der Waals surface area contributed by atoms with Crippen LogP contribution in [-0.4, -0.2) is 44.5 Å². The Balaban J connectivity index is 2.27. The van der Waals surface area contributed by atoms with Crippen LogP contribution >= 0.6 is 0 Å². The van der Waals surface area contributed by atoms with Crippen molar-refractivity contribution in [3.63, 3.8) is 0 Å². The average Bonchev–Trinajstić information content (AvgIpc) is 2.84. The van der Waals surface area contributed by atoms with E-state index in [0.717, 1.165) is 18.8 Å². The summed E-state index contributed by atoms with van der Waals surface area (Å²) < 4.78 is 29.8. The quantitative estimate of drug-likeness (QED) is 0.717. The molecule has 0 aliphatic carbocycles. The van der Waals surface area contributed by atoms with Gasteiger partial charge in [0.15, 0.2) is 0 Å². The maximum atomic E-state index is 11.9. The number of fused-ring (bicyclic) bond motifs is 1. The highest BCUT2D eigenvalue weighted by Gasteiger charge is 2.14. The van der Waals surface area contributed by atoms with Crippen molar-refractivity contribution >= 4 is 26.8 Å². The summed E-state index contributed by atoms with van der Waals surface area (Å²) in [5, 5.41) is 4.54. The number of benzene rings is 1. The summed E-state index contributed by atoms with van der Waals surface area (Å²) in [6.07, 6.45) is 2.82. The molecule has 0 unspecified atom stereocenters. The van der Waals surface area contributed by atoms with E-state index in [-0.39, 0.29) is 0 Å². The lowest BCUT2D eigenvalue weighted by atomic mass is 10.1. The van der Waals surface area contributed by atoms with Crippen molar-refractivity contribution in [1.82, 2.24) is 13.6 Å². The van der Waals surface area contributed by atoms with Crippen LogP contribution in [0.2, 0.25) is 0 Å². The summed E-state index contributed by atoms with van der Waals surface area (Å²) in [6.45, 7) is 8.69. The van der Waals surface area contributed by atoms with Crippen molar-refractivity contribution in [3.05, 3.63) is 30.0 Å². The fraction of sp³-hybridized carbons (Fsp3) is 0.556. The van der Waals surface area contributed by atoms with Crippen molar-refractivity contribution in [3.8, 4) is 0 Å². The topological polar surface area (TPSA) is 66.4 Å². The third-order valence-corrected chi connectivity index (χ3v) is 5.60. The van der Waals surface area contributed by atoms with Gasteiger partial charge >= 0.3 is 0 Å². The van der Waals surface area contributed by atoms with Gasteiger partial charge in [-0.1, -0.05) is 19.9 Å². The van der Waals surface area contributed by atoms with Crippen molar-refractivity contribution < 1.29 is 8.42 Å². The molecule has 2 rings (SSSR count). The SMILES string of the molecule is CCNc1ccc2c(CCNS(=O)(=O)N(C)C)cn(CC(C)C)c2c1. The molecule has 7 heteroatoms. The molecular weight excluding hydrogens is 336 g/mol. The van der Waals surface area contributed by atoms with Gasteiger partial charge in [-0.2, -0.15) is 12.7 Å². The van der Waals surface area contributed by atoms with Gasteiger partial charge in [-0.05, 0) is 37.0 Å². The van der Waals surface area contributed by atoms with E-state index in [2.05, 4.69) is 59.8 Å². The molecule has 0 aliphatic heterocycles. The summed E-state index contributed by atoms with van der Waals surface area (Å²) in [5.41, 5.74) is 3.47. The lowest BCUT2D eigenvalue weighted by molar-refractivity contribution is 0.506. The fourth-order valence-electron chi connectivity index (χ4n) is 2.87. The Labute approximate surface area is 151 Å². The minimum atomic E-state index is -3.38. The molecule has 6 nitrogen and oxygen atoms in total. The maximum absolute atomic E-state index is 11.9. The van der Waals surface area contributed by atoms with Gasteiger partial charge in [-0.25, -0.2) is 4.72 Å². The first-order chi connectivity index (χ1) is 11.7. The monoisotopic (exact) mass is 366 g/mol. The van der Waals surface area contributed by atoms with Gasteiger partial charge in [0.1, 0.15) is 0 Å². The summed E-state index contributed by atoms with van der Waals surface area (Å²) in [6, 6.07) is 6.38. The number of aromatic nitrogens is 1. The Kier molecular flexibility index (Phi) is 6.48. The van der Waals surface area contributed by atoms with Gasteiger partial charge in [0.05, 0.1) is 5.52 Å².